The molecule has 0 aliphatic rings. The predicted molar refractivity (Wildman–Crippen MR) is 92.9 cm³/mol. The van der Waals surface area contributed by atoms with Crippen LogP contribution in [0.5, 0.6) is 0 Å². The minimum absolute atomic E-state index is 0.000339. The van der Waals surface area contributed by atoms with E-state index in [-0.39, 0.29) is 12.4 Å². The third kappa shape index (κ3) is 3.22. The van der Waals surface area contributed by atoms with E-state index in [4.69, 9.17) is 0 Å². The zero-order valence-electron chi connectivity index (χ0n) is 13.5. The molecular formula is C17H18N4O2S. The second kappa shape index (κ2) is 6.94. The molecule has 0 aliphatic carbocycles. The average Bonchev–Trinajstić information content (AvgIpc) is 3.19. The second-order valence-corrected chi connectivity index (χ2v) is 6.29. The third-order valence-electron chi connectivity index (χ3n) is 3.64. The first-order valence-corrected chi connectivity index (χ1v) is 8.38. The Morgan fingerprint density at radius 3 is 2.67 bits per heavy atom. The lowest BCUT2D eigenvalue weighted by molar-refractivity contribution is 0.102. The summed E-state index contributed by atoms with van der Waals surface area (Å²) in [6.45, 7) is 3.84. The molecule has 3 rings (SSSR count). The number of thiazole rings is 1. The van der Waals surface area contributed by atoms with Gasteiger partial charge in [-0.1, -0.05) is 11.3 Å². The van der Waals surface area contributed by atoms with Gasteiger partial charge >= 0.3 is 0 Å². The molecule has 0 bridgehead atoms. The van der Waals surface area contributed by atoms with Crippen LogP contribution in [0.4, 0.5) is 5.69 Å². The lowest BCUT2D eigenvalue weighted by Crippen LogP contribution is -2.18. The zero-order valence-corrected chi connectivity index (χ0v) is 14.3. The number of carbonyl (C=O) groups excluding carboxylic acids is 1. The normalized spacial score (nSPS) is 11.9. The van der Waals surface area contributed by atoms with Crippen LogP contribution in [0.25, 0.3) is 5.69 Å². The topological polar surface area (TPSA) is 72.4 Å². The van der Waals surface area contributed by atoms with Gasteiger partial charge in [0.2, 0.25) is 0 Å². The van der Waals surface area contributed by atoms with E-state index in [0.717, 1.165) is 17.1 Å². The lowest BCUT2D eigenvalue weighted by Gasteiger charge is -2.04. The second-order valence-electron chi connectivity index (χ2n) is 5.31. The van der Waals surface area contributed by atoms with Crippen molar-refractivity contribution >= 4 is 22.8 Å². The Bertz CT molecular complexity index is 905. The number of nitrogens with zero attached hydrogens (tertiary/aromatic N) is 4. The molecule has 0 amide bonds. The number of carbonyl (C=O) groups is 1. The van der Waals surface area contributed by atoms with E-state index in [0.29, 0.717) is 16.2 Å². The summed E-state index contributed by atoms with van der Waals surface area (Å²) >= 11 is 1.35. The quantitative estimate of drug-likeness (QED) is 0.724. The van der Waals surface area contributed by atoms with Crippen molar-refractivity contribution in [1.82, 2.24) is 14.3 Å². The molecule has 7 heteroatoms. The van der Waals surface area contributed by atoms with Crippen molar-refractivity contribution in [3.8, 4) is 5.69 Å². The maximum atomic E-state index is 11.7. The highest BCUT2D eigenvalue weighted by atomic mass is 32.1. The molecule has 0 unspecified atom stereocenters. The van der Waals surface area contributed by atoms with Crippen molar-refractivity contribution in [2.24, 2.45) is 4.99 Å². The number of aromatic nitrogens is 3. The SMILES string of the molecule is CC(=O)c1s/c(=N\c2ccc(-n3cccn3)cc2)n(CCO)c1C. The van der Waals surface area contributed by atoms with Crippen molar-refractivity contribution in [2.75, 3.05) is 6.61 Å². The van der Waals surface area contributed by atoms with Crippen LogP contribution in [0.15, 0.2) is 47.7 Å². The molecular weight excluding hydrogens is 324 g/mol. The van der Waals surface area contributed by atoms with Crippen molar-refractivity contribution in [2.45, 2.75) is 20.4 Å². The van der Waals surface area contributed by atoms with Crippen molar-refractivity contribution in [3.63, 3.8) is 0 Å². The van der Waals surface area contributed by atoms with Crippen LogP contribution in [-0.4, -0.2) is 31.8 Å². The smallest absolute Gasteiger partial charge is 0.190 e. The van der Waals surface area contributed by atoms with E-state index in [1.54, 1.807) is 17.8 Å². The van der Waals surface area contributed by atoms with Crippen LogP contribution < -0.4 is 4.80 Å². The van der Waals surface area contributed by atoms with Gasteiger partial charge in [-0.2, -0.15) is 5.10 Å². The molecule has 6 nitrogen and oxygen atoms in total. The van der Waals surface area contributed by atoms with Gasteiger partial charge in [0, 0.05) is 31.6 Å². The first-order valence-electron chi connectivity index (χ1n) is 7.57. The number of Topliss-reactive ketones (excluding diaryl/α,β-unsaturated/α-hetero) is 1. The van der Waals surface area contributed by atoms with Gasteiger partial charge in [-0.3, -0.25) is 4.79 Å². The summed E-state index contributed by atoms with van der Waals surface area (Å²) in [6, 6.07) is 9.56. The molecule has 0 aliphatic heterocycles. The van der Waals surface area contributed by atoms with Crippen LogP contribution in [-0.2, 0) is 6.54 Å². The fourth-order valence-corrected chi connectivity index (χ4v) is 3.54. The minimum Gasteiger partial charge on any atom is -0.395 e. The molecule has 124 valence electrons. The first kappa shape index (κ1) is 16.4. The van der Waals surface area contributed by atoms with Crippen LogP contribution in [0, 0.1) is 6.92 Å². The highest BCUT2D eigenvalue weighted by molar-refractivity contribution is 7.11. The van der Waals surface area contributed by atoms with Crippen LogP contribution >= 0.6 is 11.3 Å². The Morgan fingerprint density at radius 1 is 1.33 bits per heavy atom. The molecule has 2 aromatic heterocycles. The van der Waals surface area contributed by atoms with Gasteiger partial charge < -0.3 is 9.67 Å². The van der Waals surface area contributed by atoms with Gasteiger partial charge in [0.05, 0.1) is 22.9 Å². The Morgan fingerprint density at radius 2 is 2.08 bits per heavy atom. The van der Waals surface area contributed by atoms with Crippen LogP contribution in [0.1, 0.15) is 22.3 Å². The van der Waals surface area contributed by atoms with E-state index < -0.39 is 0 Å². The molecule has 0 radical (unpaired) electrons. The third-order valence-corrected chi connectivity index (χ3v) is 4.93. The fraction of sp³-hybridized carbons (Fsp3) is 0.235. The molecule has 0 atom stereocenters. The summed E-state index contributed by atoms with van der Waals surface area (Å²) in [5, 5.41) is 13.5. The summed E-state index contributed by atoms with van der Waals surface area (Å²) in [7, 11) is 0. The van der Waals surface area contributed by atoms with E-state index in [9.17, 15) is 9.90 Å². The number of hydrogen-bond acceptors (Lipinski definition) is 5. The molecule has 24 heavy (non-hydrogen) atoms. The monoisotopic (exact) mass is 342 g/mol. The lowest BCUT2D eigenvalue weighted by atomic mass is 10.3. The van der Waals surface area contributed by atoms with Crippen molar-refractivity contribution < 1.29 is 9.90 Å². The average molecular weight is 342 g/mol. The Labute approximate surface area is 143 Å². The number of rotatable bonds is 5. The summed E-state index contributed by atoms with van der Waals surface area (Å²) < 4.78 is 3.65. The minimum atomic E-state index is 0.000339. The van der Waals surface area contributed by atoms with Gasteiger partial charge in [-0.25, -0.2) is 9.67 Å². The Hall–Kier alpha value is -2.51. The van der Waals surface area contributed by atoms with Crippen LogP contribution in [0.2, 0.25) is 0 Å². The standard InChI is InChI=1S/C17H18N4O2S/c1-12-16(13(2)23)24-17(20(12)10-11-22)19-14-4-6-15(7-5-14)21-9-3-8-18-21/h3-9,22H,10-11H2,1-2H3/b19-17-. The number of ketones is 1. The van der Waals surface area contributed by atoms with E-state index in [1.165, 1.54) is 11.3 Å². The van der Waals surface area contributed by atoms with Crippen molar-refractivity contribution in [3.05, 3.63) is 58.1 Å². The van der Waals surface area contributed by atoms with Gasteiger partial charge in [0.15, 0.2) is 10.6 Å². The van der Waals surface area contributed by atoms with Gasteiger partial charge in [-0.05, 0) is 37.3 Å². The Kier molecular flexibility index (Phi) is 4.73. The fourth-order valence-electron chi connectivity index (χ4n) is 2.47. The maximum Gasteiger partial charge on any atom is 0.190 e. The van der Waals surface area contributed by atoms with Gasteiger partial charge in [0.25, 0.3) is 0 Å². The number of aliphatic hydroxyl groups is 1. The highest BCUT2D eigenvalue weighted by Crippen LogP contribution is 2.17. The summed E-state index contributed by atoms with van der Waals surface area (Å²) in [4.78, 5) is 17.8. The molecule has 1 aromatic carbocycles. The largest absolute Gasteiger partial charge is 0.395 e. The van der Waals surface area contributed by atoms with Gasteiger partial charge in [0.1, 0.15) is 0 Å². The zero-order chi connectivity index (χ0) is 17.1. The van der Waals surface area contributed by atoms with E-state index >= 15 is 0 Å². The summed E-state index contributed by atoms with van der Waals surface area (Å²) in [5.41, 5.74) is 2.58. The molecule has 0 saturated carbocycles. The van der Waals surface area contributed by atoms with Gasteiger partial charge in [-0.15, -0.1) is 0 Å². The van der Waals surface area contributed by atoms with Crippen LogP contribution in [0.3, 0.4) is 0 Å². The maximum absolute atomic E-state index is 11.7. The number of benzene rings is 1. The van der Waals surface area contributed by atoms with E-state index in [1.807, 2.05) is 48.0 Å². The molecule has 0 saturated heterocycles. The summed E-state index contributed by atoms with van der Waals surface area (Å²) in [6.07, 6.45) is 3.61. The predicted octanol–water partition coefficient (Wildman–Crippen LogP) is 2.47. The summed E-state index contributed by atoms with van der Waals surface area (Å²) in [5.74, 6) is 0.0136. The molecule has 3 aromatic rings. The highest BCUT2D eigenvalue weighted by Gasteiger charge is 2.13. The number of hydrogen-bond donors (Lipinski definition) is 1. The Balaban J connectivity index is 2.01. The molecule has 0 spiro atoms. The first-order chi connectivity index (χ1) is 11.6. The molecule has 0 fully saturated rings. The van der Waals surface area contributed by atoms with E-state index in [2.05, 4.69) is 10.1 Å². The number of aliphatic hydroxyl groups excluding tert-OH is 1. The molecule has 1 N–H and O–H groups in total. The van der Waals surface area contributed by atoms with Crippen molar-refractivity contribution in [1.29, 1.82) is 0 Å². The molecule has 2 heterocycles.